The molecule has 0 saturated heterocycles. The van der Waals surface area contributed by atoms with Gasteiger partial charge in [0.2, 0.25) is 5.95 Å². The topological polar surface area (TPSA) is 81.1 Å². The summed E-state index contributed by atoms with van der Waals surface area (Å²) in [4.78, 5) is 14.7. The summed E-state index contributed by atoms with van der Waals surface area (Å²) in [5.41, 5.74) is 7.03. The van der Waals surface area contributed by atoms with Crippen LogP contribution >= 0.6 is 15.9 Å². The van der Waals surface area contributed by atoms with Crippen molar-refractivity contribution < 1.29 is 9.90 Å². The summed E-state index contributed by atoms with van der Waals surface area (Å²) in [7, 11) is 0. The van der Waals surface area contributed by atoms with E-state index in [2.05, 4.69) is 20.9 Å². The lowest BCUT2D eigenvalue weighted by Crippen LogP contribution is -2.11. The van der Waals surface area contributed by atoms with E-state index in [0.717, 1.165) is 4.47 Å². The second kappa shape index (κ2) is 3.54. The molecular weight excluding hydrogens is 262 g/mol. The van der Waals surface area contributed by atoms with Crippen molar-refractivity contribution in [1.29, 1.82) is 0 Å². The molecule has 0 unspecified atom stereocenters. The number of halogens is 1. The minimum absolute atomic E-state index is 0.190. The highest BCUT2D eigenvalue weighted by Gasteiger charge is 2.12. The molecule has 0 saturated carbocycles. The fraction of sp³-hybridized carbons (Fsp3) is 0.111. The number of fused-ring (bicyclic) bond motifs is 1. The number of imidazole rings is 1. The Bertz CT molecular complexity index is 535. The van der Waals surface area contributed by atoms with Gasteiger partial charge in [0.25, 0.3) is 0 Å². The van der Waals surface area contributed by atoms with Crippen LogP contribution in [0.15, 0.2) is 22.7 Å². The Morgan fingerprint density at radius 3 is 3.00 bits per heavy atom. The standard InChI is InChI=1S/C9H8BrN3O2/c10-5-2-1-3-6-8(5)13(4-7(14)15)9(11)12-6/h1-3H,4H2,(H2,11,12)(H,14,15). The van der Waals surface area contributed by atoms with Gasteiger partial charge in [-0.2, -0.15) is 0 Å². The SMILES string of the molecule is Nc1nc2cccc(Br)c2n1CC(=O)O. The molecule has 0 aliphatic carbocycles. The van der Waals surface area contributed by atoms with E-state index in [0.29, 0.717) is 11.0 Å². The number of nitrogen functional groups attached to an aromatic ring is 1. The zero-order valence-electron chi connectivity index (χ0n) is 7.64. The van der Waals surface area contributed by atoms with E-state index in [1.165, 1.54) is 4.57 Å². The fourth-order valence-electron chi connectivity index (χ4n) is 1.46. The van der Waals surface area contributed by atoms with Gasteiger partial charge in [0.05, 0.1) is 11.0 Å². The van der Waals surface area contributed by atoms with Crippen molar-refractivity contribution in [3.8, 4) is 0 Å². The molecular formula is C9H8BrN3O2. The first-order chi connectivity index (χ1) is 7.09. The van der Waals surface area contributed by atoms with Gasteiger partial charge in [-0.3, -0.25) is 9.36 Å². The molecule has 5 nitrogen and oxygen atoms in total. The highest BCUT2D eigenvalue weighted by atomic mass is 79.9. The molecule has 0 bridgehead atoms. The molecule has 15 heavy (non-hydrogen) atoms. The summed E-state index contributed by atoms with van der Waals surface area (Å²) in [6.07, 6.45) is 0. The maximum atomic E-state index is 10.7. The van der Waals surface area contributed by atoms with Gasteiger partial charge < -0.3 is 10.8 Å². The van der Waals surface area contributed by atoms with Gasteiger partial charge in [0, 0.05) is 4.47 Å². The van der Waals surface area contributed by atoms with Gasteiger partial charge in [0.15, 0.2) is 0 Å². The van der Waals surface area contributed by atoms with E-state index in [-0.39, 0.29) is 12.5 Å². The molecule has 0 amide bonds. The molecule has 0 aliphatic heterocycles. The Morgan fingerprint density at radius 2 is 2.33 bits per heavy atom. The van der Waals surface area contributed by atoms with E-state index >= 15 is 0 Å². The van der Waals surface area contributed by atoms with E-state index in [4.69, 9.17) is 10.8 Å². The molecule has 1 aromatic carbocycles. The van der Waals surface area contributed by atoms with Crippen LogP contribution in [-0.4, -0.2) is 20.6 Å². The Morgan fingerprint density at radius 1 is 1.60 bits per heavy atom. The maximum absolute atomic E-state index is 10.7. The Kier molecular flexibility index (Phi) is 2.36. The van der Waals surface area contributed by atoms with Gasteiger partial charge in [-0.1, -0.05) is 6.07 Å². The molecule has 6 heteroatoms. The summed E-state index contributed by atoms with van der Waals surface area (Å²) in [5, 5.41) is 8.74. The van der Waals surface area contributed by atoms with Crippen LogP contribution in [0.3, 0.4) is 0 Å². The zero-order chi connectivity index (χ0) is 11.0. The number of hydrogen-bond donors (Lipinski definition) is 2. The van der Waals surface area contributed by atoms with Crippen molar-refractivity contribution in [2.75, 3.05) is 5.73 Å². The Labute approximate surface area is 93.6 Å². The van der Waals surface area contributed by atoms with Gasteiger partial charge in [-0.05, 0) is 28.1 Å². The lowest BCUT2D eigenvalue weighted by Gasteiger charge is -2.03. The van der Waals surface area contributed by atoms with Gasteiger partial charge in [-0.25, -0.2) is 4.98 Å². The molecule has 0 atom stereocenters. The van der Waals surface area contributed by atoms with E-state index in [1.54, 1.807) is 6.07 Å². The predicted octanol–water partition coefficient (Wildman–Crippen LogP) is 1.47. The van der Waals surface area contributed by atoms with E-state index in [1.807, 2.05) is 12.1 Å². The highest BCUT2D eigenvalue weighted by Crippen LogP contribution is 2.25. The van der Waals surface area contributed by atoms with Crippen molar-refractivity contribution >= 4 is 38.9 Å². The first kappa shape index (κ1) is 9.97. The molecule has 0 radical (unpaired) electrons. The largest absolute Gasteiger partial charge is 0.480 e. The van der Waals surface area contributed by atoms with Gasteiger partial charge >= 0.3 is 5.97 Å². The number of carboxylic acids is 1. The normalized spacial score (nSPS) is 10.7. The van der Waals surface area contributed by atoms with Crippen LogP contribution in [0.5, 0.6) is 0 Å². The van der Waals surface area contributed by atoms with Crippen LogP contribution in [-0.2, 0) is 11.3 Å². The highest BCUT2D eigenvalue weighted by molar-refractivity contribution is 9.10. The summed E-state index contributed by atoms with van der Waals surface area (Å²) in [5.74, 6) is -0.740. The third-order valence-electron chi connectivity index (χ3n) is 2.04. The Balaban J connectivity index is 2.71. The maximum Gasteiger partial charge on any atom is 0.323 e. The number of hydrogen-bond acceptors (Lipinski definition) is 3. The molecule has 0 fully saturated rings. The first-order valence-electron chi connectivity index (χ1n) is 4.21. The number of nitrogens with zero attached hydrogens (tertiary/aromatic N) is 2. The van der Waals surface area contributed by atoms with Crippen LogP contribution in [0.1, 0.15) is 0 Å². The molecule has 3 N–H and O–H groups in total. The van der Waals surface area contributed by atoms with Crippen molar-refractivity contribution in [2.24, 2.45) is 0 Å². The van der Waals surface area contributed by atoms with E-state index in [9.17, 15) is 4.79 Å². The van der Waals surface area contributed by atoms with Crippen LogP contribution in [0.2, 0.25) is 0 Å². The second-order valence-corrected chi connectivity index (χ2v) is 3.91. The quantitative estimate of drug-likeness (QED) is 0.865. The van der Waals surface area contributed by atoms with Crippen LogP contribution in [0.4, 0.5) is 5.95 Å². The van der Waals surface area contributed by atoms with Gasteiger partial charge in [0.1, 0.15) is 6.54 Å². The number of nitrogens with two attached hydrogens (primary N) is 1. The zero-order valence-corrected chi connectivity index (χ0v) is 9.23. The van der Waals surface area contributed by atoms with Gasteiger partial charge in [-0.15, -0.1) is 0 Å². The molecule has 0 spiro atoms. The average Bonchev–Trinajstić information content (AvgIpc) is 2.43. The molecule has 2 aromatic rings. The number of aliphatic carboxylic acids is 1. The lowest BCUT2D eigenvalue weighted by atomic mass is 10.3. The van der Waals surface area contributed by atoms with Crippen molar-refractivity contribution in [3.05, 3.63) is 22.7 Å². The summed E-state index contributed by atoms with van der Waals surface area (Å²) in [6, 6.07) is 5.43. The third kappa shape index (κ3) is 1.68. The molecule has 2 rings (SSSR count). The van der Waals surface area contributed by atoms with Crippen LogP contribution in [0.25, 0.3) is 11.0 Å². The number of aromatic nitrogens is 2. The predicted molar refractivity (Wildman–Crippen MR) is 59.5 cm³/mol. The lowest BCUT2D eigenvalue weighted by molar-refractivity contribution is -0.137. The Hall–Kier alpha value is -1.56. The van der Waals surface area contributed by atoms with Crippen molar-refractivity contribution in [3.63, 3.8) is 0 Å². The number of rotatable bonds is 2. The summed E-state index contributed by atoms with van der Waals surface area (Å²) in [6.45, 7) is -0.190. The number of carbonyl (C=O) groups is 1. The van der Waals surface area contributed by atoms with Crippen LogP contribution in [0, 0.1) is 0 Å². The third-order valence-corrected chi connectivity index (χ3v) is 2.68. The van der Waals surface area contributed by atoms with Crippen LogP contribution < -0.4 is 5.73 Å². The molecule has 78 valence electrons. The summed E-state index contributed by atoms with van der Waals surface area (Å²) >= 11 is 3.34. The van der Waals surface area contributed by atoms with Crippen molar-refractivity contribution in [1.82, 2.24) is 9.55 Å². The molecule has 0 aliphatic rings. The molecule has 1 heterocycles. The first-order valence-corrected chi connectivity index (χ1v) is 5.01. The minimum atomic E-state index is -0.947. The fourth-order valence-corrected chi connectivity index (χ4v) is 2.02. The molecule has 1 aromatic heterocycles. The van der Waals surface area contributed by atoms with E-state index < -0.39 is 5.97 Å². The number of carboxylic acid groups (broad SMARTS) is 1. The second-order valence-electron chi connectivity index (χ2n) is 3.06. The number of benzene rings is 1. The minimum Gasteiger partial charge on any atom is -0.480 e. The monoisotopic (exact) mass is 269 g/mol. The number of para-hydroxylation sites is 1. The summed E-state index contributed by atoms with van der Waals surface area (Å²) < 4.78 is 2.24. The number of anilines is 1. The average molecular weight is 270 g/mol. The smallest absolute Gasteiger partial charge is 0.323 e. The van der Waals surface area contributed by atoms with Crippen molar-refractivity contribution in [2.45, 2.75) is 6.54 Å².